The van der Waals surface area contributed by atoms with Gasteiger partial charge in [-0.2, -0.15) is 26.3 Å². The van der Waals surface area contributed by atoms with Crippen LogP contribution >= 0.6 is 22.6 Å². The number of hydrogen-bond acceptors (Lipinski definition) is 1. The Bertz CT molecular complexity index is 1350. The highest BCUT2D eigenvalue weighted by atomic mass is 127. The van der Waals surface area contributed by atoms with Crippen LogP contribution in [-0.2, 0) is 16.8 Å². The van der Waals surface area contributed by atoms with Crippen molar-refractivity contribution in [3.05, 3.63) is 142 Å². The van der Waals surface area contributed by atoms with Crippen LogP contribution in [0.1, 0.15) is 55.6 Å². The highest BCUT2D eigenvalue weighted by molar-refractivity contribution is 14.1. The summed E-state index contributed by atoms with van der Waals surface area (Å²) < 4.78 is 81.1. The summed E-state index contributed by atoms with van der Waals surface area (Å²) >= 11 is 2.25. The van der Waals surface area contributed by atoms with Gasteiger partial charge in [-0.25, -0.2) is 0 Å². The van der Waals surface area contributed by atoms with Gasteiger partial charge in [0, 0.05) is 28.4 Å². The molecular weight excluding hydrogens is 643 g/mol. The van der Waals surface area contributed by atoms with Crippen LogP contribution < -0.4 is 5.32 Å². The van der Waals surface area contributed by atoms with Gasteiger partial charge >= 0.3 is 12.4 Å². The van der Waals surface area contributed by atoms with Crippen molar-refractivity contribution in [3.8, 4) is 0 Å². The quantitative estimate of drug-likeness (QED) is 0.114. The summed E-state index contributed by atoms with van der Waals surface area (Å²) in [6.07, 6.45) is -10.1. The Labute approximate surface area is 241 Å². The van der Waals surface area contributed by atoms with Gasteiger partial charge in [0.15, 0.2) is 0 Å². The Hall–Kier alpha value is -3.34. The average molecular weight is 667 g/mol. The molecule has 0 saturated carbocycles. The van der Waals surface area contributed by atoms with Crippen LogP contribution in [0.5, 0.6) is 0 Å². The molecule has 0 bridgehead atoms. The zero-order chi connectivity index (χ0) is 28.9. The molecule has 0 aromatic heterocycles. The molecular formula is C31H24F6INO. The third-order valence-electron chi connectivity index (χ3n) is 6.61. The van der Waals surface area contributed by atoms with Crippen LogP contribution in [0.2, 0.25) is 0 Å². The molecule has 1 atom stereocenters. The predicted octanol–water partition coefficient (Wildman–Crippen LogP) is 9.00. The zero-order valence-electron chi connectivity index (χ0n) is 20.9. The van der Waals surface area contributed by atoms with Crippen molar-refractivity contribution in [1.82, 2.24) is 5.32 Å². The summed E-state index contributed by atoms with van der Waals surface area (Å²) in [5.41, 5.74) is 0.0684. The molecule has 4 rings (SSSR count). The Balaban J connectivity index is 1.74. The molecule has 0 aliphatic carbocycles. The summed E-state index contributed by atoms with van der Waals surface area (Å²) in [4.78, 5) is 13.1. The zero-order valence-corrected chi connectivity index (χ0v) is 23.1. The lowest BCUT2D eigenvalue weighted by Crippen LogP contribution is -2.32. The van der Waals surface area contributed by atoms with Crippen LogP contribution in [0.15, 0.2) is 103 Å². The van der Waals surface area contributed by atoms with Crippen molar-refractivity contribution < 1.29 is 31.1 Å². The van der Waals surface area contributed by atoms with Crippen molar-refractivity contribution in [2.24, 2.45) is 0 Å². The summed E-state index contributed by atoms with van der Waals surface area (Å²) in [5.74, 6) is -1.67. The summed E-state index contributed by atoms with van der Waals surface area (Å²) in [7, 11) is 0. The van der Waals surface area contributed by atoms with Gasteiger partial charge in [-0.15, -0.1) is 0 Å². The second-order valence-electron chi connectivity index (χ2n) is 9.29. The molecule has 0 saturated heterocycles. The fraction of sp³-hybridized carbons (Fsp3) is 0.194. The van der Waals surface area contributed by atoms with Crippen LogP contribution in [0.3, 0.4) is 0 Å². The molecule has 0 heterocycles. The van der Waals surface area contributed by atoms with Gasteiger partial charge in [0.05, 0.1) is 11.1 Å². The van der Waals surface area contributed by atoms with Gasteiger partial charge in [0.25, 0.3) is 5.91 Å². The number of halogens is 7. The molecule has 0 radical (unpaired) electrons. The molecule has 208 valence electrons. The monoisotopic (exact) mass is 667 g/mol. The van der Waals surface area contributed by atoms with E-state index in [1.807, 2.05) is 84.9 Å². The topological polar surface area (TPSA) is 29.1 Å². The molecule has 1 unspecified atom stereocenters. The Morgan fingerprint density at radius 3 is 1.57 bits per heavy atom. The lowest BCUT2D eigenvalue weighted by atomic mass is 9.77. The lowest BCUT2D eigenvalue weighted by molar-refractivity contribution is -0.143. The first kappa shape index (κ1) is 29.6. The van der Waals surface area contributed by atoms with Gasteiger partial charge < -0.3 is 5.32 Å². The second-order valence-corrected chi connectivity index (χ2v) is 10.0. The molecule has 1 amide bonds. The van der Waals surface area contributed by atoms with Crippen molar-refractivity contribution in [2.45, 2.75) is 28.6 Å². The molecule has 1 N–H and O–H groups in total. The minimum Gasteiger partial charge on any atom is -0.351 e. The van der Waals surface area contributed by atoms with Gasteiger partial charge in [-0.3, -0.25) is 4.79 Å². The summed E-state index contributed by atoms with van der Waals surface area (Å²) in [5, 5.41) is 2.63. The molecule has 4 aromatic rings. The second kappa shape index (κ2) is 12.4. The van der Waals surface area contributed by atoms with Crippen molar-refractivity contribution in [3.63, 3.8) is 0 Å². The predicted molar refractivity (Wildman–Crippen MR) is 150 cm³/mol. The third-order valence-corrected chi connectivity index (χ3v) is 7.50. The molecule has 0 aliphatic rings. The van der Waals surface area contributed by atoms with Crippen molar-refractivity contribution in [2.75, 3.05) is 6.54 Å². The number of alkyl halides is 7. The minimum atomic E-state index is -5.05. The van der Waals surface area contributed by atoms with E-state index >= 15 is 0 Å². The van der Waals surface area contributed by atoms with E-state index in [4.69, 9.17) is 0 Å². The highest BCUT2D eigenvalue weighted by Gasteiger charge is 2.37. The minimum absolute atomic E-state index is 0.00902. The fourth-order valence-corrected chi connectivity index (χ4v) is 5.16. The maximum Gasteiger partial charge on any atom is 0.416 e. The summed E-state index contributed by atoms with van der Waals surface area (Å²) in [6, 6.07) is 27.8. The molecule has 9 heteroatoms. The maximum absolute atomic E-state index is 13.4. The number of benzene rings is 4. The van der Waals surface area contributed by atoms with Gasteiger partial charge in [0.2, 0.25) is 0 Å². The number of carbonyl (C=O) groups is 1. The number of amides is 1. The van der Waals surface area contributed by atoms with Gasteiger partial charge in [-0.1, -0.05) is 108 Å². The lowest BCUT2D eigenvalue weighted by Gasteiger charge is -2.29. The molecule has 4 aromatic carbocycles. The average Bonchev–Trinajstić information content (AvgIpc) is 2.95. The standard InChI is InChI=1S/C31H24F6INO/c32-30(33,34)25-15-24(16-26(17-25)31(35,36)37)29(40)39-19-27(21-13-11-20(18-38)12-14-21)28(22-7-3-1-4-8-22)23-9-5-2-6-10-23/h1-17,27-28H,18-19H2,(H,39,40). The van der Waals surface area contributed by atoms with E-state index in [0.717, 1.165) is 26.7 Å². The van der Waals surface area contributed by atoms with Gasteiger partial charge in [0.1, 0.15) is 0 Å². The molecule has 2 nitrogen and oxygen atoms in total. The summed E-state index contributed by atoms with van der Waals surface area (Å²) in [6.45, 7) is -0.0333. The van der Waals surface area contributed by atoms with Gasteiger partial charge in [-0.05, 0) is 40.5 Å². The Morgan fingerprint density at radius 2 is 1.15 bits per heavy atom. The van der Waals surface area contributed by atoms with E-state index in [9.17, 15) is 31.1 Å². The van der Waals surface area contributed by atoms with Crippen LogP contribution in [0, 0.1) is 0 Å². The number of carbonyl (C=O) groups excluding carboxylic acids is 1. The number of hydrogen-bond donors (Lipinski definition) is 1. The fourth-order valence-electron chi connectivity index (χ4n) is 4.65. The first-order valence-electron chi connectivity index (χ1n) is 12.3. The molecule has 0 aliphatic heterocycles. The molecule has 0 fully saturated rings. The van der Waals surface area contributed by atoms with E-state index in [-0.39, 0.29) is 24.4 Å². The van der Waals surface area contributed by atoms with Crippen LogP contribution in [0.4, 0.5) is 26.3 Å². The Morgan fingerprint density at radius 1 is 0.675 bits per heavy atom. The van der Waals surface area contributed by atoms with Crippen LogP contribution in [0.25, 0.3) is 0 Å². The van der Waals surface area contributed by atoms with Crippen molar-refractivity contribution in [1.29, 1.82) is 0 Å². The first-order valence-corrected chi connectivity index (χ1v) is 13.8. The maximum atomic E-state index is 13.4. The molecule has 40 heavy (non-hydrogen) atoms. The van der Waals surface area contributed by atoms with E-state index < -0.39 is 35.0 Å². The Kier molecular flexibility index (Phi) is 9.22. The first-order chi connectivity index (χ1) is 19.0. The largest absolute Gasteiger partial charge is 0.416 e. The van der Waals surface area contributed by atoms with E-state index in [2.05, 4.69) is 27.9 Å². The number of nitrogens with one attached hydrogen (secondary N) is 1. The van der Waals surface area contributed by atoms with E-state index in [1.54, 1.807) is 0 Å². The van der Waals surface area contributed by atoms with Crippen molar-refractivity contribution >= 4 is 28.5 Å². The third kappa shape index (κ3) is 7.24. The SMILES string of the molecule is O=C(NCC(c1ccc(CI)cc1)C(c1ccccc1)c1ccccc1)c1cc(C(F)(F)F)cc(C(F)(F)F)c1. The van der Waals surface area contributed by atoms with E-state index in [1.165, 1.54) is 0 Å². The normalized spacial score (nSPS) is 12.8. The highest BCUT2D eigenvalue weighted by Crippen LogP contribution is 2.39. The van der Waals surface area contributed by atoms with E-state index in [0.29, 0.717) is 12.1 Å². The van der Waals surface area contributed by atoms with Crippen LogP contribution in [-0.4, -0.2) is 12.5 Å². The smallest absolute Gasteiger partial charge is 0.351 e. The molecule has 0 spiro atoms. The number of rotatable bonds is 8.